The summed E-state index contributed by atoms with van der Waals surface area (Å²) in [5.74, 6) is 3.05. The second-order valence-electron chi connectivity index (χ2n) is 9.57. The number of hydrogen-bond donors (Lipinski definition) is 1. The van der Waals surface area contributed by atoms with Gasteiger partial charge >= 0.3 is 0 Å². The van der Waals surface area contributed by atoms with Crippen molar-refractivity contribution in [1.29, 1.82) is 0 Å². The van der Waals surface area contributed by atoms with Gasteiger partial charge in [0.05, 0.1) is 11.7 Å². The van der Waals surface area contributed by atoms with Gasteiger partial charge in [0.2, 0.25) is 0 Å². The standard InChI is InChI=1S/C32H26ClN3O2S/c1-20-6-12-24(13-7-20)37-25-14-10-23(11-15-25)36-31(30(35-32(36)39)27-5-3-4-18-34-27)29-17-16-28(38-29)22-9-8-21(2)26(33)19-22/h3-19,30-31H,1-2H3,(H,35,39). The largest absolute Gasteiger partial charge is 0.459 e. The van der Waals surface area contributed by atoms with Crippen LogP contribution in [0, 0.1) is 13.8 Å². The fourth-order valence-electron chi connectivity index (χ4n) is 4.75. The Morgan fingerprint density at radius 2 is 1.64 bits per heavy atom. The molecule has 1 N–H and O–H groups in total. The molecule has 2 aromatic heterocycles. The molecule has 5 aromatic rings. The summed E-state index contributed by atoms with van der Waals surface area (Å²) in [6.07, 6.45) is 1.79. The molecular weight excluding hydrogens is 526 g/mol. The topological polar surface area (TPSA) is 50.5 Å². The fraction of sp³-hybridized carbons (Fsp3) is 0.125. The van der Waals surface area contributed by atoms with Crippen LogP contribution in [0.2, 0.25) is 5.02 Å². The third-order valence-corrected chi connectivity index (χ3v) is 7.57. The van der Waals surface area contributed by atoms with Crippen LogP contribution in [0.4, 0.5) is 5.69 Å². The Morgan fingerprint density at radius 3 is 2.33 bits per heavy atom. The first-order valence-corrected chi connectivity index (χ1v) is 13.5. The third kappa shape index (κ3) is 5.13. The van der Waals surface area contributed by atoms with Gasteiger partial charge < -0.3 is 19.4 Å². The molecule has 1 aliphatic heterocycles. The number of aromatic nitrogens is 1. The predicted octanol–water partition coefficient (Wildman–Crippen LogP) is 8.58. The smallest absolute Gasteiger partial charge is 0.174 e. The van der Waals surface area contributed by atoms with Crippen LogP contribution in [0.15, 0.2) is 108 Å². The van der Waals surface area contributed by atoms with Gasteiger partial charge in [-0.25, -0.2) is 0 Å². The second-order valence-corrected chi connectivity index (χ2v) is 10.4. The molecule has 0 aliphatic carbocycles. The Kier molecular flexibility index (Phi) is 6.81. The van der Waals surface area contributed by atoms with E-state index >= 15 is 0 Å². The van der Waals surface area contributed by atoms with Crippen LogP contribution in [0.25, 0.3) is 11.3 Å². The van der Waals surface area contributed by atoms with Crippen molar-refractivity contribution in [3.63, 3.8) is 0 Å². The zero-order valence-electron chi connectivity index (χ0n) is 21.5. The number of nitrogens with zero attached hydrogens (tertiary/aromatic N) is 2. The summed E-state index contributed by atoms with van der Waals surface area (Å²) in [6.45, 7) is 4.04. The van der Waals surface area contributed by atoms with Gasteiger partial charge in [-0.05, 0) is 98.4 Å². The number of furan rings is 1. The van der Waals surface area contributed by atoms with E-state index in [0.717, 1.165) is 45.5 Å². The molecule has 3 aromatic carbocycles. The summed E-state index contributed by atoms with van der Waals surface area (Å²) >= 11 is 12.3. The Labute approximate surface area is 238 Å². The lowest BCUT2D eigenvalue weighted by Crippen LogP contribution is -2.29. The highest BCUT2D eigenvalue weighted by Crippen LogP contribution is 2.43. The van der Waals surface area contributed by atoms with Gasteiger partial charge in [0.25, 0.3) is 0 Å². The molecule has 1 fully saturated rings. The first-order valence-electron chi connectivity index (χ1n) is 12.7. The molecule has 5 nitrogen and oxygen atoms in total. The number of thiocarbonyl (C=S) groups is 1. The van der Waals surface area contributed by atoms with E-state index in [1.165, 1.54) is 5.56 Å². The number of benzene rings is 3. The number of nitrogens with one attached hydrogen (secondary N) is 1. The summed E-state index contributed by atoms with van der Waals surface area (Å²) in [5, 5.41) is 4.78. The Balaban J connectivity index is 1.35. The van der Waals surface area contributed by atoms with Gasteiger partial charge in [-0.3, -0.25) is 4.98 Å². The van der Waals surface area contributed by atoms with E-state index in [-0.39, 0.29) is 12.1 Å². The van der Waals surface area contributed by atoms with E-state index in [9.17, 15) is 0 Å². The summed E-state index contributed by atoms with van der Waals surface area (Å²) in [5.41, 5.74) is 4.93. The zero-order valence-corrected chi connectivity index (χ0v) is 23.0. The molecule has 6 rings (SSSR count). The average Bonchev–Trinajstić information content (AvgIpc) is 3.57. The van der Waals surface area contributed by atoms with Crippen LogP contribution in [-0.4, -0.2) is 10.1 Å². The van der Waals surface area contributed by atoms with Crippen molar-refractivity contribution in [2.75, 3.05) is 4.90 Å². The van der Waals surface area contributed by atoms with Gasteiger partial charge in [0.1, 0.15) is 29.1 Å². The summed E-state index contributed by atoms with van der Waals surface area (Å²) in [6, 6.07) is 31.2. The number of ether oxygens (including phenoxy) is 1. The van der Waals surface area contributed by atoms with Crippen LogP contribution in [0.3, 0.4) is 0 Å². The van der Waals surface area contributed by atoms with Crippen molar-refractivity contribution in [3.8, 4) is 22.8 Å². The lowest BCUT2D eigenvalue weighted by molar-refractivity contribution is 0.439. The van der Waals surface area contributed by atoms with Crippen molar-refractivity contribution in [2.45, 2.75) is 25.9 Å². The summed E-state index contributed by atoms with van der Waals surface area (Å²) in [7, 11) is 0. The maximum absolute atomic E-state index is 6.46. The van der Waals surface area contributed by atoms with E-state index in [0.29, 0.717) is 10.1 Å². The van der Waals surface area contributed by atoms with Crippen molar-refractivity contribution in [1.82, 2.24) is 10.3 Å². The van der Waals surface area contributed by atoms with Crippen LogP contribution in [0.1, 0.15) is 34.7 Å². The number of rotatable bonds is 6. The van der Waals surface area contributed by atoms with Crippen molar-refractivity contribution < 1.29 is 9.15 Å². The van der Waals surface area contributed by atoms with Crippen molar-refractivity contribution in [3.05, 3.63) is 131 Å². The lowest BCUT2D eigenvalue weighted by Gasteiger charge is -2.26. The average molecular weight is 552 g/mol. The van der Waals surface area contributed by atoms with Crippen LogP contribution in [-0.2, 0) is 0 Å². The highest BCUT2D eigenvalue weighted by atomic mass is 35.5. The summed E-state index contributed by atoms with van der Waals surface area (Å²) in [4.78, 5) is 6.70. The van der Waals surface area contributed by atoms with Crippen molar-refractivity contribution >= 4 is 34.6 Å². The predicted molar refractivity (Wildman–Crippen MR) is 160 cm³/mol. The van der Waals surface area contributed by atoms with Crippen LogP contribution < -0.4 is 15.0 Å². The Morgan fingerprint density at radius 1 is 0.897 bits per heavy atom. The first kappa shape index (κ1) is 25.2. The molecule has 0 saturated carbocycles. The number of pyridine rings is 1. The highest BCUT2D eigenvalue weighted by molar-refractivity contribution is 7.80. The molecule has 0 bridgehead atoms. The molecule has 3 heterocycles. The van der Waals surface area contributed by atoms with E-state index in [4.69, 9.17) is 33.0 Å². The van der Waals surface area contributed by atoms with E-state index in [2.05, 4.69) is 22.1 Å². The summed E-state index contributed by atoms with van der Waals surface area (Å²) < 4.78 is 12.5. The maximum atomic E-state index is 6.46. The maximum Gasteiger partial charge on any atom is 0.174 e. The van der Waals surface area contributed by atoms with Gasteiger partial charge in [0, 0.05) is 22.5 Å². The molecule has 7 heteroatoms. The van der Waals surface area contributed by atoms with Crippen LogP contribution in [0.5, 0.6) is 11.5 Å². The minimum Gasteiger partial charge on any atom is -0.459 e. The number of anilines is 1. The zero-order chi connectivity index (χ0) is 26.9. The SMILES string of the molecule is Cc1ccc(Oc2ccc(N3C(=S)NC(c4ccccn4)C3c3ccc(-c4ccc(C)c(Cl)c4)o3)cc2)cc1. The number of hydrogen-bond acceptors (Lipinski definition) is 4. The van der Waals surface area contributed by atoms with Crippen LogP contribution >= 0.6 is 23.8 Å². The normalized spacial score (nSPS) is 16.8. The molecular formula is C32H26ClN3O2S. The highest BCUT2D eigenvalue weighted by Gasteiger charge is 2.42. The van der Waals surface area contributed by atoms with Gasteiger partial charge in [0.15, 0.2) is 5.11 Å². The lowest BCUT2D eigenvalue weighted by atomic mass is 10.0. The molecule has 0 amide bonds. The monoisotopic (exact) mass is 551 g/mol. The molecule has 1 saturated heterocycles. The molecule has 194 valence electrons. The number of halogens is 1. The molecule has 0 spiro atoms. The molecule has 2 unspecified atom stereocenters. The first-order chi connectivity index (χ1) is 19.0. The van der Waals surface area contributed by atoms with Gasteiger partial charge in [-0.15, -0.1) is 0 Å². The second kappa shape index (κ2) is 10.6. The fourth-order valence-corrected chi connectivity index (χ4v) is 5.28. The van der Waals surface area contributed by atoms with Gasteiger partial charge in [-0.1, -0.05) is 47.5 Å². The minimum atomic E-state index is -0.258. The van der Waals surface area contributed by atoms with E-state index in [1.807, 2.05) is 104 Å². The minimum absolute atomic E-state index is 0.206. The van der Waals surface area contributed by atoms with Crippen molar-refractivity contribution in [2.24, 2.45) is 0 Å². The van der Waals surface area contributed by atoms with Gasteiger partial charge in [-0.2, -0.15) is 0 Å². The van der Waals surface area contributed by atoms with E-state index in [1.54, 1.807) is 6.20 Å². The Bertz CT molecular complexity index is 1620. The van der Waals surface area contributed by atoms with E-state index < -0.39 is 0 Å². The third-order valence-electron chi connectivity index (χ3n) is 6.84. The molecule has 0 radical (unpaired) electrons. The molecule has 1 aliphatic rings. The quantitative estimate of drug-likeness (QED) is 0.213. The molecule has 2 atom stereocenters. The molecule has 39 heavy (non-hydrogen) atoms. The number of aryl methyl sites for hydroxylation is 2. The Hall–Kier alpha value is -4.13.